The Kier molecular flexibility index (Phi) is 21.5. The summed E-state index contributed by atoms with van der Waals surface area (Å²) >= 11 is 0. The Hall–Kier alpha value is -4.27. The molecule has 1 aliphatic rings. The SMILES string of the molecule is CC/C=C(\C)[C@H]1OC(=O)[C@H](C)N(C)C(=O)[C@H](C(C)C)NC(=O)CN(C)C(=O)[C@H]([C@H](C)CC)N(C)C(=O)[C@H](C(C)C)NC(=O)[C@@H]([C@@H](C)CC)OC(=O)/C(C)=C/C[C@H](O)[C@@H]1C. The average molecular weight is 834 g/mol. The summed E-state index contributed by atoms with van der Waals surface area (Å²) in [6.45, 7) is 22.3. The van der Waals surface area contributed by atoms with E-state index in [0.717, 1.165) is 0 Å². The molecule has 15 nitrogen and oxygen atoms in total. The summed E-state index contributed by atoms with van der Waals surface area (Å²) in [7, 11) is 4.36. The van der Waals surface area contributed by atoms with Gasteiger partial charge in [0.2, 0.25) is 23.6 Å². The molecule has 0 saturated heterocycles. The molecule has 1 rings (SSSR count). The Balaban J connectivity index is 3.89. The topological polar surface area (TPSA) is 192 Å². The van der Waals surface area contributed by atoms with Gasteiger partial charge in [-0.05, 0) is 63.4 Å². The maximum absolute atomic E-state index is 14.2. The van der Waals surface area contributed by atoms with Gasteiger partial charge in [0.1, 0.15) is 30.3 Å². The highest BCUT2D eigenvalue weighted by Gasteiger charge is 2.40. The van der Waals surface area contributed by atoms with E-state index in [-0.39, 0.29) is 17.9 Å². The number of likely N-dealkylation sites (N-methyl/N-ethyl adjacent to an activating group) is 3. The number of allylic oxidation sites excluding steroid dienone is 1. The van der Waals surface area contributed by atoms with Gasteiger partial charge in [-0.2, -0.15) is 0 Å². The Labute approximate surface area is 353 Å². The second kappa shape index (κ2) is 24.1. The van der Waals surface area contributed by atoms with Gasteiger partial charge >= 0.3 is 11.9 Å². The predicted octanol–water partition coefficient (Wildman–Crippen LogP) is 4.02. The van der Waals surface area contributed by atoms with Crippen molar-refractivity contribution in [1.82, 2.24) is 25.3 Å². The van der Waals surface area contributed by atoms with Crippen LogP contribution in [0.3, 0.4) is 0 Å². The highest BCUT2D eigenvalue weighted by Crippen LogP contribution is 2.25. The van der Waals surface area contributed by atoms with Gasteiger partial charge in [0.15, 0.2) is 6.10 Å². The Morgan fingerprint density at radius 2 is 1.34 bits per heavy atom. The van der Waals surface area contributed by atoms with E-state index in [0.29, 0.717) is 24.8 Å². The lowest BCUT2D eigenvalue weighted by Crippen LogP contribution is -2.60. The number of hydrogen-bond donors (Lipinski definition) is 3. The molecule has 0 spiro atoms. The van der Waals surface area contributed by atoms with Crippen LogP contribution in [0.4, 0.5) is 0 Å². The third-order valence-corrected chi connectivity index (χ3v) is 11.7. The average Bonchev–Trinajstić information content (AvgIpc) is 3.18. The first-order valence-electron chi connectivity index (χ1n) is 21.2. The summed E-state index contributed by atoms with van der Waals surface area (Å²) in [6.07, 6.45) is 1.75. The van der Waals surface area contributed by atoms with Crippen molar-refractivity contribution in [3.05, 3.63) is 23.3 Å². The van der Waals surface area contributed by atoms with E-state index in [9.17, 15) is 38.7 Å². The van der Waals surface area contributed by atoms with E-state index < -0.39 is 114 Å². The van der Waals surface area contributed by atoms with Crippen LogP contribution in [0.5, 0.6) is 0 Å². The molecule has 0 aliphatic carbocycles. The number of hydrogen-bond acceptors (Lipinski definition) is 10. The Morgan fingerprint density at radius 3 is 1.85 bits per heavy atom. The zero-order valence-corrected chi connectivity index (χ0v) is 38.6. The fourth-order valence-corrected chi connectivity index (χ4v) is 6.86. The van der Waals surface area contributed by atoms with Crippen molar-refractivity contribution < 1.29 is 48.1 Å². The number of aliphatic hydroxyl groups excluding tert-OH is 1. The lowest BCUT2D eigenvalue weighted by molar-refractivity contribution is -0.160. The summed E-state index contributed by atoms with van der Waals surface area (Å²) in [6, 6.07) is -4.26. The zero-order valence-electron chi connectivity index (χ0n) is 38.6. The monoisotopic (exact) mass is 834 g/mol. The number of nitrogens with one attached hydrogen (secondary N) is 2. The van der Waals surface area contributed by atoms with Crippen LogP contribution in [0.2, 0.25) is 0 Å². The number of amides is 5. The van der Waals surface area contributed by atoms with Gasteiger partial charge in [-0.1, -0.05) is 87.8 Å². The van der Waals surface area contributed by atoms with Gasteiger partial charge in [-0.15, -0.1) is 0 Å². The van der Waals surface area contributed by atoms with E-state index in [1.165, 1.54) is 55.8 Å². The first-order chi connectivity index (χ1) is 27.4. The van der Waals surface area contributed by atoms with Crippen LogP contribution in [0.1, 0.15) is 116 Å². The molecular formula is C44H75N5O10. The van der Waals surface area contributed by atoms with E-state index in [1.807, 2.05) is 33.8 Å². The van der Waals surface area contributed by atoms with Crippen molar-refractivity contribution in [3.63, 3.8) is 0 Å². The summed E-state index contributed by atoms with van der Waals surface area (Å²) in [4.78, 5) is 101. The smallest absolute Gasteiger partial charge is 0.334 e. The number of carbonyl (C=O) groups excluding carboxylic acids is 7. The van der Waals surface area contributed by atoms with Crippen LogP contribution in [0.25, 0.3) is 0 Å². The third-order valence-electron chi connectivity index (χ3n) is 11.7. The third kappa shape index (κ3) is 14.5. The number of aliphatic hydroxyl groups is 1. The van der Waals surface area contributed by atoms with Gasteiger partial charge in [0, 0.05) is 38.6 Å². The van der Waals surface area contributed by atoms with Crippen molar-refractivity contribution in [2.45, 2.75) is 158 Å². The summed E-state index contributed by atoms with van der Waals surface area (Å²) in [5, 5.41) is 16.9. The number of nitrogens with zero attached hydrogens (tertiary/aromatic N) is 3. The first-order valence-corrected chi connectivity index (χ1v) is 21.2. The highest BCUT2D eigenvalue weighted by molar-refractivity contribution is 5.96. The van der Waals surface area contributed by atoms with Crippen molar-refractivity contribution in [3.8, 4) is 0 Å². The molecule has 0 saturated carbocycles. The molecule has 0 aromatic rings. The molecule has 0 radical (unpaired) electrons. The number of ether oxygens (including phenoxy) is 2. The quantitative estimate of drug-likeness (QED) is 0.238. The highest BCUT2D eigenvalue weighted by atomic mass is 16.6. The predicted molar refractivity (Wildman–Crippen MR) is 226 cm³/mol. The fraction of sp³-hybridized carbons (Fsp3) is 0.750. The van der Waals surface area contributed by atoms with Gasteiger partial charge in [0.05, 0.1) is 12.6 Å². The molecule has 59 heavy (non-hydrogen) atoms. The van der Waals surface area contributed by atoms with E-state index in [1.54, 1.807) is 48.5 Å². The zero-order chi connectivity index (χ0) is 45.6. The molecule has 336 valence electrons. The standard InChI is InChI=1S/C44H75N5O10/c1-17-20-28(10)37-30(12)32(50)22-21-29(11)43(56)59-38(27(9)19-3)39(52)46-35(25(6)7)41(54)49(16)36(26(8)18-2)42(55)47(14)23-33(51)45-34(24(4)5)40(53)48(15)31(13)44(57)58-37/h20-21,24-27,30-32,34-38,50H,17-19,22-23H2,1-16H3,(H,45,51)(H,46,52)/b28-20+,29-21+/t26-,27+,30+,31+,32+,34+,35+,36+,37-,38-/m1/s1. The molecule has 0 bridgehead atoms. The summed E-state index contributed by atoms with van der Waals surface area (Å²) in [5.74, 6) is -6.70. The lowest BCUT2D eigenvalue weighted by Gasteiger charge is -2.37. The van der Waals surface area contributed by atoms with E-state index in [4.69, 9.17) is 9.47 Å². The number of carbonyl (C=O) groups is 7. The van der Waals surface area contributed by atoms with Crippen LogP contribution in [0.15, 0.2) is 23.3 Å². The van der Waals surface area contributed by atoms with Crippen LogP contribution < -0.4 is 10.6 Å². The fourth-order valence-electron chi connectivity index (χ4n) is 6.86. The molecule has 1 heterocycles. The maximum atomic E-state index is 14.2. The molecule has 10 atom stereocenters. The van der Waals surface area contributed by atoms with Gasteiger partial charge in [-0.3, -0.25) is 24.0 Å². The van der Waals surface area contributed by atoms with Crippen molar-refractivity contribution in [2.24, 2.45) is 29.6 Å². The number of esters is 2. The molecule has 1 aliphatic heterocycles. The van der Waals surface area contributed by atoms with Crippen molar-refractivity contribution in [2.75, 3.05) is 27.7 Å². The van der Waals surface area contributed by atoms with E-state index in [2.05, 4.69) is 10.6 Å². The molecule has 5 amide bonds. The second-order valence-electron chi connectivity index (χ2n) is 17.1. The van der Waals surface area contributed by atoms with Gasteiger partial charge in [0.25, 0.3) is 5.91 Å². The number of cyclic esters (lactones) is 2. The summed E-state index contributed by atoms with van der Waals surface area (Å²) in [5.41, 5.74) is 0.833. The molecule has 0 aromatic carbocycles. The van der Waals surface area contributed by atoms with Gasteiger partial charge in [-0.25, -0.2) is 9.59 Å². The molecule has 15 heteroatoms. The van der Waals surface area contributed by atoms with Crippen LogP contribution in [-0.4, -0.2) is 131 Å². The Bertz CT molecular complexity index is 1540. The normalized spacial score (nSPS) is 29.7. The second-order valence-corrected chi connectivity index (χ2v) is 17.1. The first kappa shape index (κ1) is 52.7. The minimum atomic E-state index is -1.26. The van der Waals surface area contributed by atoms with Crippen LogP contribution >= 0.6 is 0 Å². The molecule has 3 N–H and O–H groups in total. The molecule has 0 aromatic heterocycles. The summed E-state index contributed by atoms with van der Waals surface area (Å²) < 4.78 is 11.8. The van der Waals surface area contributed by atoms with E-state index >= 15 is 0 Å². The largest absolute Gasteiger partial charge is 0.456 e. The lowest BCUT2D eigenvalue weighted by atomic mass is 9.90. The number of rotatable bonds is 8. The van der Waals surface area contributed by atoms with Crippen LogP contribution in [0, 0.1) is 29.6 Å². The van der Waals surface area contributed by atoms with Gasteiger partial charge < -0.3 is 39.9 Å². The minimum Gasteiger partial charge on any atom is -0.456 e. The molecular weight excluding hydrogens is 759 g/mol. The van der Waals surface area contributed by atoms with Crippen LogP contribution in [-0.2, 0) is 43.0 Å². The molecule has 0 unspecified atom stereocenters. The Morgan fingerprint density at radius 1 is 0.814 bits per heavy atom. The van der Waals surface area contributed by atoms with Crippen molar-refractivity contribution in [1.29, 1.82) is 0 Å². The minimum absolute atomic E-state index is 0.0129. The maximum Gasteiger partial charge on any atom is 0.334 e. The van der Waals surface area contributed by atoms with Crippen molar-refractivity contribution >= 4 is 41.5 Å². The molecule has 0 fully saturated rings.